The molecule has 122 valence electrons. The van der Waals surface area contributed by atoms with Crippen molar-refractivity contribution in [2.24, 2.45) is 0 Å². The van der Waals surface area contributed by atoms with E-state index in [1.54, 1.807) is 13.8 Å². The molecule has 0 aromatic carbocycles. The number of aryl methyl sites for hydroxylation is 2. The highest BCUT2D eigenvalue weighted by Gasteiger charge is 2.26. The first-order valence-corrected chi connectivity index (χ1v) is 8.63. The molecule has 2 aromatic rings. The molecule has 0 aliphatic heterocycles. The van der Waals surface area contributed by atoms with Gasteiger partial charge in [0.2, 0.25) is 5.82 Å². The summed E-state index contributed by atoms with van der Waals surface area (Å²) in [6.45, 7) is 3.94. The molecule has 0 N–H and O–H groups in total. The van der Waals surface area contributed by atoms with Crippen molar-refractivity contribution in [3.8, 4) is 0 Å². The second kappa shape index (κ2) is 6.62. The lowest BCUT2D eigenvalue weighted by molar-refractivity contribution is 0.0507. The first-order valence-electron chi connectivity index (χ1n) is 7.82. The van der Waals surface area contributed by atoms with Gasteiger partial charge in [0.05, 0.1) is 13.2 Å². The Morgan fingerprint density at radius 1 is 1.04 bits per heavy atom. The van der Waals surface area contributed by atoms with E-state index in [9.17, 15) is 9.59 Å². The molecule has 0 atom stereocenters. The quantitative estimate of drug-likeness (QED) is 0.800. The molecular weight excluding hydrogens is 316 g/mol. The van der Waals surface area contributed by atoms with Gasteiger partial charge in [-0.15, -0.1) is 11.3 Å². The van der Waals surface area contributed by atoms with Crippen molar-refractivity contribution >= 4 is 33.5 Å². The third-order valence-electron chi connectivity index (χ3n) is 3.74. The maximum absolute atomic E-state index is 12.3. The predicted octanol–water partition coefficient (Wildman–Crippen LogP) is 2.92. The smallest absolute Gasteiger partial charge is 0.376 e. The van der Waals surface area contributed by atoms with E-state index in [0.29, 0.717) is 4.83 Å². The van der Waals surface area contributed by atoms with Gasteiger partial charge < -0.3 is 9.47 Å². The van der Waals surface area contributed by atoms with E-state index >= 15 is 0 Å². The topological polar surface area (TPSA) is 78.4 Å². The summed E-state index contributed by atoms with van der Waals surface area (Å²) in [5.74, 6) is -1.22. The van der Waals surface area contributed by atoms with Crippen molar-refractivity contribution in [3.63, 3.8) is 0 Å². The molecule has 0 saturated heterocycles. The molecule has 1 aliphatic rings. The van der Waals surface area contributed by atoms with Crippen LogP contribution in [0.1, 0.15) is 58.2 Å². The fraction of sp³-hybridized carbons (Fsp3) is 0.500. The number of hydrogen-bond donors (Lipinski definition) is 0. The van der Waals surface area contributed by atoms with Gasteiger partial charge in [0.25, 0.3) is 0 Å². The molecule has 0 amide bonds. The summed E-state index contributed by atoms with van der Waals surface area (Å²) in [5, 5.41) is 0.746. The van der Waals surface area contributed by atoms with Crippen molar-refractivity contribution < 1.29 is 19.1 Å². The van der Waals surface area contributed by atoms with Crippen LogP contribution in [0.15, 0.2) is 0 Å². The lowest BCUT2D eigenvalue weighted by Crippen LogP contribution is -2.15. The number of nitrogens with zero attached hydrogens (tertiary/aromatic N) is 2. The zero-order valence-corrected chi connectivity index (χ0v) is 14.0. The number of carbonyl (C=O) groups is 2. The lowest BCUT2D eigenvalue weighted by atomic mass is 9.96. The van der Waals surface area contributed by atoms with E-state index in [0.717, 1.165) is 36.6 Å². The van der Waals surface area contributed by atoms with Crippen LogP contribution in [0.25, 0.3) is 10.2 Å². The van der Waals surface area contributed by atoms with Gasteiger partial charge >= 0.3 is 11.9 Å². The van der Waals surface area contributed by atoms with Gasteiger partial charge in [0, 0.05) is 10.3 Å². The number of thiophene rings is 1. The summed E-state index contributed by atoms with van der Waals surface area (Å²) in [5.41, 5.74) is 1.31. The number of rotatable bonds is 4. The fourth-order valence-corrected chi connectivity index (χ4v) is 4.05. The van der Waals surface area contributed by atoms with E-state index in [-0.39, 0.29) is 24.7 Å². The maximum Gasteiger partial charge on any atom is 0.376 e. The number of esters is 2. The minimum absolute atomic E-state index is 0.0824. The third-order valence-corrected chi connectivity index (χ3v) is 4.93. The zero-order valence-electron chi connectivity index (χ0n) is 13.2. The second-order valence-corrected chi connectivity index (χ2v) is 6.31. The maximum atomic E-state index is 12.3. The van der Waals surface area contributed by atoms with Crippen LogP contribution < -0.4 is 0 Å². The third kappa shape index (κ3) is 2.93. The molecule has 1 aliphatic carbocycles. The number of ether oxygens (including phenoxy) is 2. The molecule has 7 heteroatoms. The summed E-state index contributed by atoms with van der Waals surface area (Å²) >= 11 is 1.53. The van der Waals surface area contributed by atoms with Crippen LogP contribution in [0.4, 0.5) is 0 Å². The van der Waals surface area contributed by atoms with Gasteiger partial charge in [-0.2, -0.15) is 0 Å². The van der Waals surface area contributed by atoms with Gasteiger partial charge in [0.1, 0.15) is 4.83 Å². The van der Waals surface area contributed by atoms with Crippen LogP contribution in [0, 0.1) is 0 Å². The van der Waals surface area contributed by atoms with Crippen molar-refractivity contribution in [3.05, 3.63) is 22.0 Å². The van der Waals surface area contributed by atoms with Crippen LogP contribution in [0.3, 0.4) is 0 Å². The molecule has 0 unspecified atom stereocenters. The van der Waals surface area contributed by atoms with Gasteiger partial charge in [0.15, 0.2) is 5.69 Å². The van der Waals surface area contributed by atoms with Gasteiger partial charge in [-0.3, -0.25) is 0 Å². The Balaban J connectivity index is 2.19. The molecule has 2 aromatic heterocycles. The average Bonchev–Trinajstić information content (AvgIpc) is 2.92. The number of hydrogen-bond acceptors (Lipinski definition) is 7. The van der Waals surface area contributed by atoms with Crippen LogP contribution in [0.2, 0.25) is 0 Å². The SMILES string of the molecule is CCOC(=O)c1nc(C(=O)OCC)c2c3c(sc2n1)CCCC3. The first kappa shape index (κ1) is 15.9. The molecule has 0 bridgehead atoms. The van der Waals surface area contributed by atoms with Crippen LogP contribution in [-0.4, -0.2) is 35.1 Å². The Morgan fingerprint density at radius 3 is 2.48 bits per heavy atom. The number of carbonyl (C=O) groups excluding carboxylic acids is 2. The lowest BCUT2D eigenvalue weighted by Gasteiger charge is -2.11. The number of fused-ring (bicyclic) bond motifs is 3. The highest BCUT2D eigenvalue weighted by atomic mass is 32.1. The van der Waals surface area contributed by atoms with Crippen molar-refractivity contribution in [2.75, 3.05) is 13.2 Å². The molecule has 0 saturated carbocycles. The molecule has 0 spiro atoms. The molecule has 3 rings (SSSR count). The minimum Gasteiger partial charge on any atom is -0.461 e. The second-order valence-electron chi connectivity index (χ2n) is 5.23. The Morgan fingerprint density at radius 2 is 1.74 bits per heavy atom. The largest absolute Gasteiger partial charge is 0.461 e. The summed E-state index contributed by atoms with van der Waals surface area (Å²) in [7, 11) is 0. The van der Waals surface area contributed by atoms with Crippen molar-refractivity contribution in [1.82, 2.24) is 9.97 Å². The van der Waals surface area contributed by atoms with Crippen LogP contribution in [-0.2, 0) is 22.3 Å². The number of aromatic nitrogens is 2. The van der Waals surface area contributed by atoms with Gasteiger partial charge in [-0.05, 0) is 45.1 Å². The van der Waals surface area contributed by atoms with E-state index in [1.807, 2.05) is 0 Å². The molecule has 0 fully saturated rings. The molecule has 6 nitrogen and oxygen atoms in total. The molecular formula is C16H18N2O4S. The highest BCUT2D eigenvalue weighted by molar-refractivity contribution is 7.18. The van der Waals surface area contributed by atoms with Crippen molar-refractivity contribution in [2.45, 2.75) is 39.5 Å². The Hall–Kier alpha value is -2.02. The Kier molecular flexibility index (Phi) is 4.56. The fourth-order valence-electron chi connectivity index (χ4n) is 2.79. The summed E-state index contributed by atoms with van der Waals surface area (Å²) in [6.07, 6.45) is 4.10. The zero-order chi connectivity index (χ0) is 16.4. The summed E-state index contributed by atoms with van der Waals surface area (Å²) in [6, 6.07) is 0. The Labute approximate surface area is 137 Å². The van der Waals surface area contributed by atoms with E-state index in [1.165, 1.54) is 16.2 Å². The summed E-state index contributed by atoms with van der Waals surface area (Å²) in [4.78, 5) is 34.7. The van der Waals surface area contributed by atoms with Crippen LogP contribution in [0.5, 0.6) is 0 Å². The minimum atomic E-state index is -0.619. The Bertz CT molecular complexity index is 769. The molecule has 23 heavy (non-hydrogen) atoms. The normalized spacial score (nSPS) is 13.7. The first-order chi connectivity index (χ1) is 11.2. The average molecular weight is 334 g/mol. The molecule has 2 heterocycles. The summed E-state index contributed by atoms with van der Waals surface area (Å²) < 4.78 is 10.1. The van der Waals surface area contributed by atoms with Gasteiger partial charge in [-0.1, -0.05) is 0 Å². The van der Waals surface area contributed by atoms with Crippen LogP contribution >= 0.6 is 11.3 Å². The molecule has 0 radical (unpaired) electrons. The van der Waals surface area contributed by atoms with Gasteiger partial charge in [-0.25, -0.2) is 19.6 Å². The van der Waals surface area contributed by atoms with E-state index in [2.05, 4.69) is 9.97 Å². The predicted molar refractivity (Wildman–Crippen MR) is 86.0 cm³/mol. The van der Waals surface area contributed by atoms with E-state index < -0.39 is 11.9 Å². The monoisotopic (exact) mass is 334 g/mol. The standard InChI is InChI=1S/C16H18N2O4S/c1-3-21-15(19)12-11-9-7-5-6-8-10(9)23-14(11)18-13(17-12)16(20)22-4-2/h3-8H2,1-2H3. The van der Waals surface area contributed by atoms with E-state index in [4.69, 9.17) is 9.47 Å². The van der Waals surface area contributed by atoms with Crippen molar-refractivity contribution in [1.29, 1.82) is 0 Å². The highest BCUT2D eigenvalue weighted by Crippen LogP contribution is 2.37.